The maximum atomic E-state index is 11.8. The first kappa shape index (κ1) is 13.0. The number of hydrogen-bond donors (Lipinski definition) is 1. The standard InChI is InChI=1S/C12H22N2O2/c1-2-3-4-5-7-12(16)14-9-6-8-13-11(15)10-14/h2-10H2,1H3,(H,13,15). The number of nitrogens with one attached hydrogen (secondary N) is 1. The molecule has 0 aromatic heterocycles. The monoisotopic (exact) mass is 226 g/mol. The van der Waals surface area contributed by atoms with Crippen LogP contribution < -0.4 is 5.32 Å². The molecular formula is C12H22N2O2. The summed E-state index contributed by atoms with van der Waals surface area (Å²) in [7, 11) is 0. The van der Waals surface area contributed by atoms with Gasteiger partial charge in [-0.1, -0.05) is 26.2 Å². The smallest absolute Gasteiger partial charge is 0.239 e. The van der Waals surface area contributed by atoms with Crippen LogP contribution in [0.3, 0.4) is 0 Å². The molecule has 0 aromatic carbocycles. The summed E-state index contributed by atoms with van der Waals surface area (Å²) in [4.78, 5) is 24.8. The fraction of sp³-hybridized carbons (Fsp3) is 0.833. The average molecular weight is 226 g/mol. The molecule has 0 saturated carbocycles. The van der Waals surface area contributed by atoms with Gasteiger partial charge in [0.15, 0.2) is 0 Å². The molecule has 16 heavy (non-hydrogen) atoms. The molecule has 1 N–H and O–H groups in total. The lowest BCUT2D eigenvalue weighted by molar-refractivity contribution is -0.135. The topological polar surface area (TPSA) is 49.4 Å². The van der Waals surface area contributed by atoms with E-state index in [0.29, 0.717) is 19.5 Å². The second-order valence-electron chi connectivity index (χ2n) is 4.33. The Morgan fingerprint density at radius 1 is 1.38 bits per heavy atom. The fourth-order valence-corrected chi connectivity index (χ4v) is 1.88. The first-order valence-electron chi connectivity index (χ1n) is 6.28. The first-order valence-corrected chi connectivity index (χ1v) is 6.28. The van der Waals surface area contributed by atoms with Crippen molar-refractivity contribution in [3.8, 4) is 0 Å². The molecule has 0 bridgehead atoms. The van der Waals surface area contributed by atoms with Gasteiger partial charge in [-0.2, -0.15) is 0 Å². The predicted molar refractivity (Wildman–Crippen MR) is 63.0 cm³/mol. The number of amides is 2. The van der Waals surface area contributed by atoms with E-state index in [-0.39, 0.29) is 18.4 Å². The number of nitrogens with zero attached hydrogens (tertiary/aromatic N) is 1. The van der Waals surface area contributed by atoms with E-state index in [2.05, 4.69) is 12.2 Å². The molecule has 0 atom stereocenters. The minimum absolute atomic E-state index is 0.0283. The molecule has 1 fully saturated rings. The van der Waals surface area contributed by atoms with Crippen LogP contribution in [-0.2, 0) is 9.59 Å². The third-order valence-electron chi connectivity index (χ3n) is 2.86. The van der Waals surface area contributed by atoms with Gasteiger partial charge < -0.3 is 10.2 Å². The number of carbonyl (C=O) groups excluding carboxylic acids is 2. The van der Waals surface area contributed by atoms with Crippen LogP contribution in [0.1, 0.15) is 45.4 Å². The second kappa shape index (κ2) is 7.25. The van der Waals surface area contributed by atoms with Crippen molar-refractivity contribution in [2.24, 2.45) is 0 Å². The third kappa shape index (κ3) is 4.64. The van der Waals surface area contributed by atoms with E-state index in [1.807, 2.05) is 0 Å². The van der Waals surface area contributed by atoms with Crippen molar-refractivity contribution >= 4 is 11.8 Å². The Morgan fingerprint density at radius 3 is 2.94 bits per heavy atom. The molecule has 1 aliphatic rings. The summed E-state index contributed by atoms with van der Waals surface area (Å²) in [5, 5.41) is 2.77. The maximum absolute atomic E-state index is 11.8. The SMILES string of the molecule is CCCCCCC(=O)N1CCCNC(=O)C1. The van der Waals surface area contributed by atoms with Crippen LogP contribution in [0.2, 0.25) is 0 Å². The lowest BCUT2D eigenvalue weighted by atomic mass is 10.1. The highest BCUT2D eigenvalue weighted by Gasteiger charge is 2.18. The van der Waals surface area contributed by atoms with Gasteiger partial charge in [-0.3, -0.25) is 9.59 Å². The largest absolute Gasteiger partial charge is 0.354 e. The Morgan fingerprint density at radius 2 is 2.19 bits per heavy atom. The molecule has 0 radical (unpaired) electrons. The molecule has 1 aliphatic heterocycles. The molecule has 1 heterocycles. The van der Waals surface area contributed by atoms with Gasteiger partial charge in [-0.15, -0.1) is 0 Å². The Hall–Kier alpha value is -1.06. The van der Waals surface area contributed by atoms with E-state index in [1.165, 1.54) is 12.8 Å². The zero-order valence-corrected chi connectivity index (χ0v) is 10.1. The molecule has 92 valence electrons. The van der Waals surface area contributed by atoms with Crippen molar-refractivity contribution in [1.82, 2.24) is 10.2 Å². The van der Waals surface area contributed by atoms with Crippen molar-refractivity contribution in [2.45, 2.75) is 45.4 Å². The van der Waals surface area contributed by atoms with Crippen LogP contribution in [0.15, 0.2) is 0 Å². The molecule has 4 heteroatoms. The second-order valence-corrected chi connectivity index (χ2v) is 4.33. The maximum Gasteiger partial charge on any atom is 0.239 e. The summed E-state index contributed by atoms with van der Waals surface area (Å²) in [6.07, 6.45) is 5.89. The lowest BCUT2D eigenvalue weighted by Crippen LogP contribution is -2.37. The van der Waals surface area contributed by atoms with E-state index >= 15 is 0 Å². The summed E-state index contributed by atoms with van der Waals surface area (Å²) in [5.74, 6) is 0.104. The van der Waals surface area contributed by atoms with Crippen LogP contribution in [-0.4, -0.2) is 36.3 Å². The Balaban J connectivity index is 2.25. The zero-order chi connectivity index (χ0) is 11.8. The molecule has 0 aliphatic carbocycles. The minimum atomic E-state index is -0.0283. The van der Waals surface area contributed by atoms with Crippen LogP contribution in [0.5, 0.6) is 0 Å². The summed E-state index contributed by atoms with van der Waals surface area (Å²) < 4.78 is 0. The number of rotatable bonds is 5. The fourth-order valence-electron chi connectivity index (χ4n) is 1.88. The highest BCUT2D eigenvalue weighted by atomic mass is 16.2. The zero-order valence-electron chi connectivity index (χ0n) is 10.1. The van der Waals surface area contributed by atoms with Crippen LogP contribution in [0, 0.1) is 0 Å². The van der Waals surface area contributed by atoms with E-state index in [4.69, 9.17) is 0 Å². The Labute approximate surface area is 97.4 Å². The summed E-state index contributed by atoms with van der Waals surface area (Å²) in [6, 6.07) is 0. The highest BCUT2D eigenvalue weighted by Crippen LogP contribution is 2.06. The number of unbranched alkanes of at least 4 members (excludes halogenated alkanes) is 3. The number of carbonyl (C=O) groups is 2. The molecule has 0 spiro atoms. The summed E-state index contributed by atoms with van der Waals surface area (Å²) in [6.45, 7) is 3.80. The van der Waals surface area contributed by atoms with Gasteiger partial charge in [-0.25, -0.2) is 0 Å². The minimum Gasteiger partial charge on any atom is -0.354 e. The van der Waals surface area contributed by atoms with E-state index in [1.54, 1.807) is 4.90 Å². The molecule has 4 nitrogen and oxygen atoms in total. The lowest BCUT2D eigenvalue weighted by Gasteiger charge is -2.18. The molecule has 1 rings (SSSR count). The van der Waals surface area contributed by atoms with E-state index in [9.17, 15) is 9.59 Å². The summed E-state index contributed by atoms with van der Waals surface area (Å²) >= 11 is 0. The highest BCUT2D eigenvalue weighted by molar-refractivity contribution is 5.85. The van der Waals surface area contributed by atoms with Crippen LogP contribution in [0.4, 0.5) is 0 Å². The Bertz CT molecular complexity index is 241. The molecule has 0 unspecified atom stereocenters. The van der Waals surface area contributed by atoms with Crippen molar-refractivity contribution < 1.29 is 9.59 Å². The first-order chi connectivity index (χ1) is 7.74. The van der Waals surface area contributed by atoms with E-state index in [0.717, 1.165) is 19.3 Å². The Kier molecular flexibility index (Phi) is 5.90. The van der Waals surface area contributed by atoms with Crippen LogP contribution in [0.25, 0.3) is 0 Å². The van der Waals surface area contributed by atoms with Crippen molar-refractivity contribution in [3.05, 3.63) is 0 Å². The average Bonchev–Trinajstić information content (AvgIpc) is 2.49. The van der Waals surface area contributed by atoms with Gasteiger partial charge in [-0.05, 0) is 12.8 Å². The van der Waals surface area contributed by atoms with E-state index < -0.39 is 0 Å². The normalized spacial score (nSPS) is 16.8. The van der Waals surface area contributed by atoms with Gasteiger partial charge in [0.1, 0.15) is 0 Å². The van der Waals surface area contributed by atoms with Crippen molar-refractivity contribution in [2.75, 3.05) is 19.6 Å². The van der Waals surface area contributed by atoms with Gasteiger partial charge in [0.25, 0.3) is 0 Å². The third-order valence-corrected chi connectivity index (χ3v) is 2.86. The van der Waals surface area contributed by atoms with Gasteiger partial charge in [0.2, 0.25) is 11.8 Å². The van der Waals surface area contributed by atoms with Crippen molar-refractivity contribution in [1.29, 1.82) is 0 Å². The predicted octanol–water partition coefficient (Wildman–Crippen LogP) is 1.31. The van der Waals surface area contributed by atoms with Gasteiger partial charge in [0.05, 0.1) is 6.54 Å². The molecule has 1 saturated heterocycles. The molecule has 0 aromatic rings. The van der Waals surface area contributed by atoms with Gasteiger partial charge in [0, 0.05) is 19.5 Å². The van der Waals surface area contributed by atoms with Crippen molar-refractivity contribution in [3.63, 3.8) is 0 Å². The molecular weight excluding hydrogens is 204 g/mol. The van der Waals surface area contributed by atoms with Gasteiger partial charge >= 0.3 is 0 Å². The van der Waals surface area contributed by atoms with Crippen LogP contribution >= 0.6 is 0 Å². The summed E-state index contributed by atoms with van der Waals surface area (Å²) in [5.41, 5.74) is 0. The molecule has 2 amide bonds. The number of hydrogen-bond acceptors (Lipinski definition) is 2. The quantitative estimate of drug-likeness (QED) is 0.718.